The van der Waals surface area contributed by atoms with Crippen molar-refractivity contribution in [3.05, 3.63) is 0 Å². The second-order valence-corrected chi connectivity index (χ2v) is 6.94. The first kappa shape index (κ1) is 14.8. The minimum Gasteiger partial charge on any atom is -0.340 e. The molecule has 1 aliphatic carbocycles. The normalized spacial score (nSPS) is 34.3. The van der Waals surface area contributed by atoms with E-state index in [9.17, 15) is 9.59 Å². The highest BCUT2D eigenvalue weighted by atomic mass is 16.2. The molecule has 3 aliphatic rings. The van der Waals surface area contributed by atoms with Gasteiger partial charge < -0.3 is 15.1 Å². The first-order valence-electron chi connectivity index (χ1n) is 8.44. The van der Waals surface area contributed by atoms with Gasteiger partial charge >= 0.3 is 0 Å². The van der Waals surface area contributed by atoms with Crippen molar-refractivity contribution >= 4 is 11.8 Å². The molecule has 0 bridgehead atoms. The Labute approximate surface area is 127 Å². The maximum atomic E-state index is 12.5. The van der Waals surface area contributed by atoms with Crippen LogP contribution in [0.15, 0.2) is 0 Å². The van der Waals surface area contributed by atoms with Gasteiger partial charge in [0.05, 0.1) is 5.92 Å². The van der Waals surface area contributed by atoms with Crippen LogP contribution in [-0.2, 0) is 9.59 Å². The largest absolute Gasteiger partial charge is 0.340 e. The van der Waals surface area contributed by atoms with Crippen LogP contribution in [0.25, 0.3) is 0 Å². The Morgan fingerprint density at radius 1 is 1.14 bits per heavy atom. The third kappa shape index (κ3) is 3.23. The predicted octanol–water partition coefficient (Wildman–Crippen LogP) is 0.845. The molecule has 0 spiro atoms. The summed E-state index contributed by atoms with van der Waals surface area (Å²) < 4.78 is 0. The molecule has 2 amide bonds. The number of hydrogen-bond acceptors (Lipinski definition) is 3. The minimum atomic E-state index is -0.102. The van der Waals surface area contributed by atoms with Crippen molar-refractivity contribution in [1.82, 2.24) is 15.1 Å². The third-order valence-corrected chi connectivity index (χ3v) is 5.36. The summed E-state index contributed by atoms with van der Waals surface area (Å²) in [5, 5.41) is 3.26. The van der Waals surface area contributed by atoms with Crippen LogP contribution in [0.4, 0.5) is 0 Å². The van der Waals surface area contributed by atoms with Crippen molar-refractivity contribution in [2.75, 3.05) is 32.7 Å². The Kier molecular flexibility index (Phi) is 4.48. The first-order valence-corrected chi connectivity index (χ1v) is 8.44. The molecule has 1 unspecified atom stereocenters. The fourth-order valence-corrected chi connectivity index (χ4v) is 3.95. The molecule has 0 radical (unpaired) electrons. The lowest BCUT2D eigenvalue weighted by molar-refractivity contribution is -0.136. The Hall–Kier alpha value is -1.10. The van der Waals surface area contributed by atoms with Gasteiger partial charge in [-0.05, 0) is 31.6 Å². The topological polar surface area (TPSA) is 52.7 Å². The summed E-state index contributed by atoms with van der Waals surface area (Å²) >= 11 is 0. The number of carbonyl (C=O) groups is 2. The Morgan fingerprint density at radius 3 is 2.48 bits per heavy atom. The molecule has 1 atom stereocenters. The molecule has 118 valence electrons. The van der Waals surface area contributed by atoms with Crippen LogP contribution in [0.1, 0.15) is 39.0 Å². The zero-order chi connectivity index (χ0) is 14.8. The standard InChI is InChI=1S/C16H27N3O2/c1-12-2-4-14(5-3-12)19-11-13(10-15(19)20)16(21)18-8-6-17-7-9-18/h12-14,17H,2-11H2,1H3. The molecule has 0 aromatic rings. The van der Waals surface area contributed by atoms with Crippen molar-refractivity contribution < 1.29 is 9.59 Å². The quantitative estimate of drug-likeness (QED) is 0.821. The molecule has 1 saturated carbocycles. The highest BCUT2D eigenvalue weighted by molar-refractivity contribution is 5.89. The van der Waals surface area contributed by atoms with Crippen LogP contribution in [0, 0.1) is 11.8 Å². The summed E-state index contributed by atoms with van der Waals surface area (Å²) in [4.78, 5) is 28.8. The zero-order valence-electron chi connectivity index (χ0n) is 13.0. The maximum Gasteiger partial charge on any atom is 0.228 e. The molecule has 5 nitrogen and oxygen atoms in total. The van der Waals surface area contributed by atoms with Crippen LogP contribution >= 0.6 is 0 Å². The number of nitrogens with zero attached hydrogens (tertiary/aromatic N) is 2. The van der Waals surface area contributed by atoms with Gasteiger partial charge in [-0.2, -0.15) is 0 Å². The summed E-state index contributed by atoms with van der Waals surface area (Å²) in [6, 6.07) is 0.384. The Bertz CT molecular complexity index is 398. The smallest absolute Gasteiger partial charge is 0.228 e. The number of hydrogen-bond donors (Lipinski definition) is 1. The predicted molar refractivity (Wildman–Crippen MR) is 80.7 cm³/mol. The van der Waals surface area contributed by atoms with Gasteiger partial charge in [-0.15, -0.1) is 0 Å². The first-order chi connectivity index (χ1) is 10.1. The van der Waals surface area contributed by atoms with Crippen molar-refractivity contribution in [1.29, 1.82) is 0 Å². The van der Waals surface area contributed by atoms with Gasteiger partial charge in [0.15, 0.2) is 0 Å². The van der Waals surface area contributed by atoms with Crippen molar-refractivity contribution in [2.45, 2.75) is 45.1 Å². The maximum absolute atomic E-state index is 12.5. The third-order valence-electron chi connectivity index (χ3n) is 5.36. The number of amides is 2. The molecule has 2 saturated heterocycles. The summed E-state index contributed by atoms with van der Waals surface area (Å²) in [5.74, 6) is 1.08. The van der Waals surface area contributed by atoms with Gasteiger partial charge in [0.2, 0.25) is 11.8 Å². The monoisotopic (exact) mass is 293 g/mol. The molecular weight excluding hydrogens is 266 g/mol. The number of rotatable bonds is 2. The molecule has 21 heavy (non-hydrogen) atoms. The van der Waals surface area contributed by atoms with Crippen LogP contribution in [0.2, 0.25) is 0 Å². The Balaban J connectivity index is 1.57. The molecule has 2 heterocycles. The summed E-state index contributed by atoms with van der Waals surface area (Å²) in [6.45, 7) is 6.25. The SMILES string of the molecule is CC1CCC(N2CC(C(=O)N3CCNCC3)CC2=O)CC1. The van der Waals surface area contributed by atoms with Gasteiger partial charge in [0.25, 0.3) is 0 Å². The van der Waals surface area contributed by atoms with Gasteiger partial charge in [-0.3, -0.25) is 9.59 Å². The molecule has 0 aromatic carbocycles. The molecular formula is C16H27N3O2. The fourth-order valence-electron chi connectivity index (χ4n) is 3.95. The van der Waals surface area contributed by atoms with Crippen LogP contribution in [0.5, 0.6) is 0 Å². The van der Waals surface area contributed by atoms with E-state index in [1.54, 1.807) is 0 Å². The van der Waals surface area contributed by atoms with Crippen LogP contribution in [-0.4, -0.2) is 60.4 Å². The molecule has 1 N–H and O–H groups in total. The zero-order valence-corrected chi connectivity index (χ0v) is 13.0. The van der Waals surface area contributed by atoms with E-state index >= 15 is 0 Å². The van der Waals surface area contributed by atoms with Gasteiger partial charge in [0, 0.05) is 45.2 Å². The summed E-state index contributed by atoms with van der Waals surface area (Å²) in [6.07, 6.45) is 5.08. The number of piperazine rings is 1. The molecule has 5 heteroatoms. The second-order valence-electron chi connectivity index (χ2n) is 6.94. The van der Waals surface area contributed by atoms with Gasteiger partial charge in [0.1, 0.15) is 0 Å². The highest BCUT2D eigenvalue weighted by Crippen LogP contribution is 2.31. The van der Waals surface area contributed by atoms with E-state index < -0.39 is 0 Å². The second kappa shape index (κ2) is 6.34. The van der Waals surface area contributed by atoms with Crippen molar-refractivity contribution in [3.8, 4) is 0 Å². The Morgan fingerprint density at radius 2 is 1.81 bits per heavy atom. The summed E-state index contributed by atoms with van der Waals surface area (Å²) in [5.41, 5.74) is 0. The minimum absolute atomic E-state index is 0.102. The van der Waals surface area contributed by atoms with E-state index in [0.717, 1.165) is 44.9 Å². The number of nitrogens with one attached hydrogen (secondary N) is 1. The fraction of sp³-hybridized carbons (Fsp3) is 0.875. The average molecular weight is 293 g/mol. The average Bonchev–Trinajstić information content (AvgIpc) is 2.90. The summed E-state index contributed by atoms with van der Waals surface area (Å²) in [7, 11) is 0. The van der Waals surface area contributed by atoms with Gasteiger partial charge in [-0.25, -0.2) is 0 Å². The van der Waals surface area contributed by atoms with Crippen molar-refractivity contribution in [2.24, 2.45) is 11.8 Å². The van der Waals surface area contributed by atoms with Gasteiger partial charge in [-0.1, -0.05) is 6.92 Å². The highest BCUT2D eigenvalue weighted by Gasteiger charge is 2.40. The lowest BCUT2D eigenvalue weighted by Gasteiger charge is -2.34. The lowest BCUT2D eigenvalue weighted by Crippen LogP contribution is -2.49. The number of carbonyl (C=O) groups excluding carboxylic acids is 2. The van der Waals surface area contributed by atoms with Crippen molar-refractivity contribution in [3.63, 3.8) is 0 Å². The molecule has 3 fully saturated rings. The van der Waals surface area contributed by atoms with E-state index in [0.29, 0.717) is 19.0 Å². The van der Waals surface area contributed by atoms with E-state index in [4.69, 9.17) is 0 Å². The van der Waals surface area contributed by atoms with Crippen LogP contribution < -0.4 is 5.32 Å². The number of likely N-dealkylation sites (tertiary alicyclic amines) is 1. The molecule has 3 rings (SSSR count). The van der Waals surface area contributed by atoms with E-state index in [1.807, 2.05) is 9.80 Å². The van der Waals surface area contributed by atoms with Crippen LogP contribution in [0.3, 0.4) is 0 Å². The van der Waals surface area contributed by atoms with E-state index in [1.165, 1.54) is 12.8 Å². The van der Waals surface area contributed by atoms with E-state index in [2.05, 4.69) is 12.2 Å². The molecule has 0 aromatic heterocycles. The lowest BCUT2D eigenvalue weighted by atomic mass is 9.86. The molecule has 2 aliphatic heterocycles. The van der Waals surface area contributed by atoms with E-state index in [-0.39, 0.29) is 17.7 Å².